The van der Waals surface area contributed by atoms with Gasteiger partial charge in [0, 0.05) is 0 Å². The van der Waals surface area contributed by atoms with E-state index in [9.17, 15) is 19.2 Å². The molecule has 0 saturated carbocycles. The maximum atomic E-state index is 13.1. The van der Waals surface area contributed by atoms with Crippen LogP contribution < -0.4 is 10.9 Å². The van der Waals surface area contributed by atoms with E-state index >= 15 is 0 Å². The van der Waals surface area contributed by atoms with E-state index in [4.69, 9.17) is 9.47 Å². The third-order valence-corrected chi connectivity index (χ3v) is 4.82. The molecule has 0 spiro atoms. The highest BCUT2D eigenvalue weighted by molar-refractivity contribution is 6.04. The minimum Gasteiger partial charge on any atom is -0.465 e. The molecule has 3 aromatic rings. The van der Waals surface area contributed by atoms with E-state index in [0.29, 0.717) is 10.9 Å². The summed E-state index contributed by atoms with van der Waals surface area (Å²) < 4.78 is 10.7. The Morgan fingerprint density at radius 2 is 1.77 bits per heavy atom. The van der Waals surface area contributed by atoms with E-state index in [2.05, 4.69) is 10.3 Å². The molecule has 1 aromatic heterocycles. The lowest BCUT2D eigenvalue weighted by molar-refractivity contribution is -0.119. The van der Waals surface area contributed by atoms with Gasteiger partial charge in [0.15, 0.2) is 0 Å². The second-order valence-corrected chi connectivity index (χ2v) is 6.63. The molecule has 9 nitrogen and oxygen atoms in total. The quantitative estimate of drug-likeness (QED) is 0.606. The molecule has 2 aromatic carbocycles. The van der Waals surface area contributed by atoms with Crippen molar-refractivity contribution in [1.82, 2.24) is 9.55 Å². The standard InChI is InChI=1S/C22H21N3O6/c1-4-18(25-12-23-16-8-6-5-7-14(16)20(25)27)19(26)24-17-11-13(21(28)30-2)9-10-15(17)22(29)31-3/h5-12,18H,4H2,1-3H3,(H,24,26). The molecule has 0 aliphatic heterocycles. The summed E-state index contributed by atoms with van der Waals surface area (Å²) in [4.78, 5) is 54.2. The number of hydrogen-bond donors (Lipinski definition) is 1. The Hall–Kier alpha value is -4.01. The van der Waals surface area contributed by atoms with Crippen LogP contribution in [0.5, 0.6) is 0 Å². The molecule has 1 heterocycles. The summed E-state index contributed by atoms with van der Waals surface area (Å²) in [6.07, 6.45) is 1.61. The molecule has 1 atom stereocenters. The molecule has 31 heavy (non-hydrogen) atoms. The molecule has 160 valence electrons. The van der Waals surface area contributed by atoms with Crippen molar-refractivity contribution >= 4 is 34.4 Å². The van der Waals surface area contributed by atoms with Crippen LogP contribution in [-0.4, -0.2) is 41.6 Å². The zero-order valence-electron chi connectivity index (χ0n) is 17.2. The van der Waals surface area contributed by atoms with Crippen molar-refractivity contribution in [1.29, 1.82) is 0 Å². The summed E-state index contributed by atoms with van der Waals surface area (Å²) in [5, 5.41) is 3.02. The number of benzene rings is 2. The smallest absolute Gasteiger partial charge is 0.339 e. The summed E-state index contributed by atoms with van der Waals surface area (Å²) in [7, 11) is 2.43. The molecule has 1 unspecified atom stereocenters. The zero-order valence-corrected chi connectivity index (χ0v) is 17.2. The van der Waals surface area contributed by atoms with E-state index in [-0.39, 0.29) is 28.8 Å². The van der Waals surface area contributed by atoms with Gasteiger partial charge < -0.3 is 14.8 Å². The predicted octanol–water partition coefficient (Wildman–Crippen LogP) is 2.56. The normalized spacial score (nSPS) is 11.6. The van der Waals surface area contributed by atoms with Gasteiger partial charge in [-0.2, -0.15) is 0 Å². The number of para-hydroxylation sites is 1. The zero-order chi connectivity index (χ0) is 22.5. The molecule has 0 bridgehead atoms. The number of anilines is 1. The number of nitrogens with zero attached hydrogens (tertiary/aromatic N) is 2. The van der Waals surface area contributed by atoms with Crippen molar-refractivity contribution < 1.29 is 23.9 Å². The third kappa shape index (κ3) is 4.30. The average molecular weight is 423 g/mol. The van der Waals surface area contributed by atoms with Crippen molar-refractivity contribution in [3.8, 4) is 0 Å². The minimum atomic E-state index is -0.892. The highest BCUT2D eigenvalue weighted by atomic mass is 16.5. The lowest BCUT2D eigenvalue weighted by atomic mass is 10.1. The Morgan fingerprint density at radius 1 is 1.06 bits per heavy atom. The monoisotopic (exact) mass is 423 g/mol. The van der Waals surface area contributed by atoms with Crippen LogP contribution in [0.25, 0.3) is 10.9 Å². The van der Waals surface area contributed by atoms with Gasteiger partial charge in [-0.1, -0.05) is 19.1 Å². The summed E-state index contributed by atoms with van der Waals surface area (Å²) in [6.45, 7) is 1.75. The maximum absolute atomic E-state index is 13.1. The molecule has 1 N–H and O–H groups in total. The Labute approximate surface area is 177 Å². The average Bonchev–Trinajstić information content (AvgIpc) is 2.80. The van der Waals surface area contributed by atoms with E-state index in [1.165, 1.54) is 43.3 Å². The number of fused-ring (bicyclic) bond motifs is 1. The number of carbonyl (C=O) groups is 3. The predicted molar refractivity (Wildman–Crippen MR) is 113 cm³/mol. The maximum Gasteiger partial charge on any atom is 0.339 e. The fraction of sp³-hybridized carbons (Fsp3) is 0.227. The van der Waals surface area contributed by atoms with Gasteiger partial charge in [0.1, 0.15) is 6.04 Å². The highest BCUT2D eigenvalue weighted by Crippen LogP contribution is 2.22. The largest absolute Gasteiger partial charge is 0.465 e. The summed E-state index contributed by atoms with van der Waals surface area (Å²) in [6, 6.07) is 10.0. The first kappa shape index (κ1) is 21.7. The summed E-state index contributed by atoms with van der Waals surface area (Å²) >= 11 is 0. The number of amides is 1. The van der Waals surface area contributed by atoms with Gasteiger partial charge in [0.05, 0.1) is 48.3 Å². The first-order chi connectivity index (χ1) is 14.9. The second kappa shape index (κ2) is 9.21. The van der Waals surface area contributed by atoms with Crippen LogP contribution in [0.2, 0.25) is 0 Å². The van der Waals surface area contributed by atoms with Crippen LogP contribution in [0.4, 0.5) is 5.69 Å². The van der Waals surface area contributed by atoms with Crippen molar-refractivity contribution in [2.24, 2.45) is 0 Å². The fourth-order valence-corrected chi connectivity index (χ4v) is 3.21. The van der Waals surface area contributed by atoms with Gasteiger partial charge >= 0.3 is 11.9 Å². The topological polar surface area (TPSA) is 117 Å². The van der Waals surface area contributed by atoms with E-state index in [1.807, 2.05) is 0 Å². The Balaban J connectivity index is 2.01. The minimum absolute atomic E-state index is 0.0577. The van der Waals surface area contributed by atoms with Gasteiger partial charge in [0.25, 0.3) is 5.56 Å². The summed E-state index contributed by atoms with van der Waals surface area (Å²) in [5.74, 6) is -1.87. The van der Waals surface area contributed by atoms with Gasteiger partial charge in [-0.15, -0.1) is 0 Å². The summed E-state index contributed by atoms with van der Waals surface area (Å²) in [5.41, 5.74) is 0.437. The lowest BCUT2D eigenvalue weighted by Crippen LogP contribution is -2.33. The number of methoxy groups -OCH3 is 2. The van der Waals surface area contributed by atoms with Crippen LogP contribution in [0.1, 0.15) is 40.1 Å². The van der Waals surface area contributed by atoms with E-state index < -0.39 is 23.9 Å². The molecular weight excluding hydrogens is 402 g/mol. The third-order valence-electron chi connectivity index (χ3n) is 4.82. The van der Waals surface area contributed by atoms with Crippen LogP contribution in [0.3, 0.4) is 0 Å². The number of carbonyl (C=O) groups excluding carboxylic acids is 3. The first-order valence-corrected chi connectivity index (χ1v) is 9.48. The van der Waals surface area contributed by atoms with Crippen molar-refractivity contribution in [2.75, 3.05) is 19.5 Å². The molecule has 0 aliphatic rings. The molecule has 3 rings (SSSR count). The SMILES string of the molecule is CCC(C(=O)Nc1cc(C(=O)OC)ccc1C(=O)OC)n1cnc2ccccc2c1=O. The first-order valence-electron chi connectivity index (χ1n) is 9.48. The Bertz CT molecular complexity index is 1220. The van der Waals surface area contributed by atoms with Crippen LogP contribution in [0.15, 0.2) is 53.6 Å². The van der Waals surface area contributed by atoms with Crippen molar-refractivity contribution in [2.45, 2.75) is 19.4 Å². The second-order valence-electron chi connectivity index (χ2n) is 6.63. The molecular formula is C22H21N3O6. The number of hydrogen-bond acceptors (Lipinski definition) is 7. The molecule has 0 fully saturated rings. The van der Waals surface area contributed by atoms with E-state index in [0.717, 1.165) is 0 Å². The molecule has 0 saturated heterocycles. The van der Waals surface area contributed by atoms with Gasteiger partial charge in [-0.05, 0) is 36.8 Å². The van der Waals surface area contributed by atoms with Crippen LogP contribution in [0, 0.1) is 0 Å². The number of ether oxygens (including phenoxy) is 2. The molecule has 9 heteroatoms. The van der Waals surface area contributed by atoms with Crippen molar-refractivity contribution in [3.63, 3.8) is 0 Å². The van der Waals surface area contributed by atoms with Gasteiger partial charge in [0.2, 0.25) is 5.91 Å². The van der Waals surface area contributed by atoms with Gasteiger partial charge in [-0.25, -0.2) is 14.6 Å². The van der Waals surface area contributed by atoms with E-state index in [1.54, 1.807) is 31.2 Å². The molecule has 0 radical (unpaired) electrons. The highest BCUT2D eigenvalue weighted by Gasteiger charge is 2.24. The fourth-order valence-electron chi connectivity index (χ4n) is 3.21. The molecule has 0 aliphatic carbocycles. The molecule has 1 amide bonds. The Kier molecular flexibility index (Phi) is 6.44. The Morgan fingerprint density at radius 3 is 2.45 bits per heavy atom. The number of aromatic nitrogens is 2. The number of rotatable bonds is 6. The van der Waals surface area contributed by atoms with Crippen LogP contribution in [-0.2, 0) is 14.3 Å². The van der Waals surface area contributed by atoms with Crippen molar-refractivity contribution in [3.05, 3.63) is 70.3 Å². The number of esters is 2. The lowest BCUT2D eigenvalue weighted by Gasteiger charge is -2.19. The van der Waals surface area contributed by atoms with Crippen LogP contribution >= 0.6 is 0 Å². The van der Waals surface area contributed by atoms with Gasteiger partial charge in [-0.3, -0.25) is 14.2 Å². The number of nitrogens with one attached hydrogen (secondary N) is 1.